The topological polar surface area (TPSA) is 17.1 Å². The minimum absolute atomic E-state index is 0.172. The number of thiol groups is 1. The van der Waals surface area contributed by atoms with Gasteiger partial charge >= 0.3 is 0 Å². The third-order valence-corrected chi connectivity index (χ3v) is 5.91. The highest BCUT2D eigenvalue weighted by atomic mass is 79.9. The SMILES string of the molecule is C[C@@H]1C(=O)C=CC[SH]1c1ccc(Br)cc1. The summed E-state index contributed by atoms with van der Waals surface area (Å²) in [7, 11) is -0.337. The molecule has 1 nitrogen and oxygen atoms in total. The number of carbonyl (C=O) groups is 1. The Morgan fingerprint density at radius 2 is 2.00 bits per heavy atom. The number of hydrogen-bond donors (Lipinski definition) is 1. The van der Waals surface area contributed by atoms with Gasteiger partial charge in [-0.05, 0) is 47.9 Å². The molecule has 1 aliphatic heterocycles. The third kappa shape index (κ3) is 2.34. The molecule has 0 fully saturated rings. The molecule has 0 radical (unpaired) electrons. The summed E-state index contributed by atoms with van der Waals surface area (Å²) in [6.07, 6.45) is 3.73. The predicted molar refractivity (Wildman–Crippen MR) is 69.9 cm³/mol. The summed E-state index contributed by atoms with van der Waals surface area (Å²) in [5.41, 5.74) is 0. The lowest BCUT2D eigenvalue weighted by atomic mass is 10.3. The van der Waals surface area contributed by atoms with E-state index in [2.05, 4.69) is 28.1 Å². The molecule has 0 aromatic heterocycles. The molecule has 80 valence electrons. The van der Waals surface area contributed by atoms with Gasteiger partial charge in [0.15, 0.2) is 5.78 Å². The lowest BCUT2D eigenvalue weighted by Gasteiger charge is -2.28. The monoisotopic (exact) mass is 284 g/mol. The van der Waals surface area contributed by atoms with Crippen LogP contribution < -0.4 is 0 Å². The first-order chi connectivity index (χ1) is 7.18. The maximum atomic E-state index is 11.6. The molecule has 0 saturated heterocycles. The van der Waals surface area contributed by atoms with Gasteiger partial charge in [-0.2, -0.15) is 0 Å². The average Bonchev–Trinajstić information content (AvgIpc) is 2.24. The molecule has 0 aliphatic carbocycles. The van der Waals surface area contributed by atoms with Crippen LogP contribution in [0.5, 0.6) is 0 Å². The molecule has 0 spiro atoms. The number of benzene rings is 1. The highest BCUT2D eigenvalue weighted by molar-refractivity contribution is 9.10. The van der Waals surface area contributed by atoms with E-state index < -0.39 is 0 Å². The Morgan fingerprint density at radius 1 is 1.33 bits per heavy atom. The van der Waals surface area contributed by atoms with Crippen molar-refractivity contribution in [3.8, 4) is 0 Å². The summed E-state index contributed by atoms with van der Waals surface area (Å²) < 4.78 is 1.09. The van der Waals surface area contributed by atoms with Crippen LogP contribution in [0.1, 0.15) is 6.92 Å². The molecule has 15 heavy (non-hydrogen) atoms. The van der Waals surface area contributed by atoms with Crippen molar-refractivity contribution in [1.82, 2.24) is 0 Å². The standard InChI is InChI=1S/C12H13BrOS/c1-9-12(14)3-2-8-15(9)11-6-4-10(13)5-7-11/h2-7,9,15H,8H2,1H3/t9-/m1/s1. The maximum Gasteiger partial charge on any atom is 0.166 e. The third-order valence-electron chi connectivity index (χ3n) is 2.62. The lowest BCUT2D eigenvalue weighted by Crippen LogP contribution is -2.20. The number of hydrogen-bond acceptors (Lipinski definition) is 1. The molecule has 2 atom stereocenters. The van der Waals surface area contributed by atoms with Crippen LogP contribution >= 0.6 is 26.8 Å². The quantitative estimate of drug-likeness (QED) is 0.783. The molecule has 1 heterocycles. The summed E-state index contributed by atoms with van der Waals surface area (Å²) in [4.78, 5) is 12.9. The molecular formula is C12H13BrOS. The van der Waals surface area contributed by atoms with E-state index in [-0.39, 0.29) is 21.9 Å². The molecule has 1 unspecified atom stereocenters. The Labute approximate surface area is 101 Å². The Kier molecular flexibility index (Phi) is 3.32. The van der Waals surface area contributed by atoms with Crippen LogP contribution in [0.15, 0.2) is 45.8 Å². The van der Waals surface area contributed by atoms with Gasteiger partial charge in [0.25, 0.3) is 0 Å². The van der Waals surface area contributed by atoms with E-state index in [9.17, 15) is 4.79 Å². The van der Waals surface area contributed by atoms with Gasteiger partial charge in [-0.25, -0.2) is 10.9 Å². The van der Waals surface area contributed by atoms with Gasteiger partial charge in [0.2, 0.25) is 0 Å². The Balaban J connectivity index is 2.27. The first-order valence-corrected chi connectivity index (χ1v) is 7.30. The summed E-state index contributed by atoms with van der Waals surface area (Å²) >= 11 is 3.42. The molecule has 3 heteroatoms. The van der Waals surface area contributed by atoms with Gasteiger partial charge < -0.3 is 0 Å². The van der Waals surface area contributed by atoms with Crippen molar-refractivity contribution in [2.24, 2.45) is 0 Å². The van der Waals surface area contributed by atoms with Gasteiger partial charge in [0, 0.05) is 4.47 Å². The number of halogens is 1. The van der Waals surface area contributed by atoms with Crippen molar-refractivity contribution in [3.63, 3.8) is 0 Å². The number of rotatable bonds is 1. The van der Waals surface area contributed by atoms with E-state index in [0.29, 0.717) is 0 Å². The van der Waals surface area contributed by atoms with Gasteiger partial charge in [0.1, 0.15) is 0 Å². The van der Waals surface area contributed by atoms with Crippen molar-refractivity contribution in [2.45, 2.75) is 17.1 Å². The van der Waals surface area contributed by atoms with Gasteiger partial charge in [-0.3, -0.25) is 4.79 Å². The minimum Gasteiger partial charge on any atom is -0.294 e. The van der Waals surface area contributed by atoms with Crippen LogP contribution in [0.4, 0.5) is 0 Å². The highest BCUT2D eigenvalue weighted by Crippen LogP contribution is 2.43. The number of carbonyl (C=O) groups excluding carboxylic acids is 1. The molecule has 0 saturated carbocycles. The van der Waals surface area contributed by atoms with E-state index in [0.717, 1.165) is 10.2 Å². The van der Waals surface area contributed by atoms with Crippen LogP contribution in [0.2, 0.25) is 0 Å². The summed E-state index contributed by atoms with van der Waals surface area (Å²) in [6, 6.07) is 8.35. The second-order valence-corrected chi connectivity index (χ2v) is 7.12. The Hall–Kier alpha value is -0.540. The fourth-order valence-electron chi connectivity index (χ4n) is 1.69. The van der Waals surface area contributed by atoms with Crippen LogP contribution in [0.25, 0.3) is 0 Å². The Bertz CT molecular complexity index is 397. The normalized spacial score (nSPS) is 28.0. The van der Waals surface area contributed by atoms with Gasteiger partial charge in [0.05, 0.1) is 5.25 Å². The fourth-order valence-corrected chi connectivity index (χ4v) is 4.19. The average molecular weight is 285 g/mol. The predicted octanol–water partition coefficient (Wildman–Crippen LogP) is 3.34. The van der Waals surface area contributed by atoms with Gasteiger partial charge in [-0.15, -0.1) is 0 Å². The first kappa shape index (κ1) is 11.0. The number of ketones is 1. The largest absolute Gasteiger partial charge is 0.294 e. The molecule has 0 N–H and O–H groups in total. The minimum atomic E-state index is -0.337. The zero-order valence-corrected chi connectivity index (χ0v) is 11.0. The fraction of sp³-hybridized carbons (Fsp3) is 0.250. The van der Waals surface area contributed by atoms with Crippen molar-refractivity contribution >= 4 is 32.6 Å². The molecular weight excluding hydrogens is 272 g/mol. The van der Waals surface area contributed by atoms with E-state index in [4.69, 9.17) is 0 Å². The van der Waals surface area contributed by atoms with E-state index in [1.807, 2.05) is 25.1 Å². The molecule has 0 bridgehead atoms. The van der Waals surface area contributed by atoms with Crippen molar-refractivity contribution in [2.75, 3.05) is 5.75 Å². The van der Waals surface area contributed by atoms with E-state index in [1.165, 1.54) is 4.90 Å². The van der Waals surface area contributed by atoms with E-state index in [1.54, 1.807) is 6.08 Å². The molecule has 1 aliphatic rings. The van der Waals surface area contributed by atoms with E-state index >= 15 is 0 Å². The first-order valence-electron chi connectivity index (χ1n) is 4.91. The number of allylic oxidation sites excluding steroid dienone is 1. The van der Waals surface area contributed by atoms with Crippen molar-refractivity contribution in [1.29, 1.82) is 0 Å². The highest BCUT2D eigenvalue weighted by Gasteiger charge is 2.22. The van der Waals surface area contributed by atoms with Crippen molar-refractivity contribution < 1.29 is 4.79 Å². The maximum absolute atomic E-state index is 11.6. The zero-order chi connectivity index (χ0) is 10.8. The van der Waals surface area contributed by atoms with Gasteiger partial charge in [-0.1, -0.05) is 22.0 Å². The summed E-state index contributed by atoms with van der Waals surface area (Å²) in [5.74, 6) is 1.31. The lowest BCUT2D eigenvalue weighted by molar-refractivity contribution is -0.114. The second-order valence-electron chi connectivity index (χ2n) is 3.61. The van der Waals surface area contributed by atoms with Crippen LogP contribution in [-0.2, 0) is 4.79 Å². The van der Waals surface area contributed by atoms with Crippen LogP contribution in [0, 0.1) is 0 Å². The zero-order valence-electron chi connectivity index (χ0n) is 8.48. The Morgan fingerprint density at radius 3 is 2.67 bits per heavy atom. The molecule has 0 amide bonds. The second kappa shape index (κ2) is 4.54. The smallest absolute Gasteiger partial charge is 0.166 e. The molecule has 1 aromatic rings. The molecule has 1 aromatic carbocycles. The summed E-state index contributed by atoms with van der Waals surface area (Å²) in [5, 5.41) is 0.172. The van der Waals surface area contributed by atoms with Crippen LogP contribution in [-0.4, -0.2) is 16.8 Å². The van der Waals surface area contributed by atoms with Crippen LogP contribution in [0.3, 0.4) is 0 Å². The van der Waals surface area contributed by atoms with Crippen molar-refractivity contribution in [3.05, 3.63) is 40.9 Å². The summed E-state index contributed by atoms with van der Waals surface area (Å²) in [6.45, 7) is 2.04. The molecule has 2 rings (SSSR count).